The Morgan fingerprint density at radius 1 is 1.09 bits per heavy atom. The van der Waals surface area contributed by atoms with Gasteiger partial charge in [0, 0.05) is 0 Å². The number of rotatable bonds is 1. The molecule has 2 aromatic carbocycles. The van der Waals surface area contributed by atoms with Crippen molar-refractivity contribution in [2.45, 2.75) is 12.8 Å². The van der Waals surface area contributed by atoms with E-state index in [4.69, 9.17) is 4.74 Å². The molecule has 0 amide bonds. The molecule has 5 heteroatoms. The van der Waals surface area contributed by atoms with Gasteiger partial charge in [0.2, 0.25) is 0 Å². The molecule has 0 spiro atoms. The Balaban J connectivity index is 1.98. The van der Waals surface area contributed by atoms with Crippen molar-refractivity contribution >= 4 is 10.9 Å². The molecule has 1 aromatic heterocycles. The lowest BCUT2D eigenvalue weighted by molar-refractivity contribution is 0.288. The molecule has 0 saturated carbocycles. The SMILES string of the molecule is O=c1[nH]c2ccccc2c(=O)n1-c1ccc2c(c1)CCCO2. The lowest BCUT2D eigenvalue weighted by Crippen LogP contribution is -2.33. The third-order valence-electron chi connectivity index (χ3n) is 3.96. The third-order valence-corrected chi connectivity index (χ3v) is 3.96. The topological polar surface area (TPSA) is 64.1 Å². The zero-order valence-corrected chi connectivity index (χ0v) is 11.8. The second-order valence-corrected chi connectivity index (χ2v) is 5.36. The highest BCUT2D eigenvalue weighted by Crippen LogP contribution is 2.26. The van der Waals surface area contributed by atoms with Gasteiger partial charge in [-0.25, -0.2) is 9.36 Å². The van der Waals surface area contributed by atoms with Crippen molar-refractivity contribution in [2.75, 3.05) is 6.61 Å². The summed E-state index contributed by atoms with van der Waals surface area (Å²) in [7, 11) is 0. The Labute approximate surface area is 125 Å². The molecule has 5 nitrogen and oxygen atoms in total. The molecule has 0 atom stereocenters. The number of ether oxygens (including phenoxy) is 1. The van der Waals surface area contributed by atoms with Crippen LogP contribution in [0.25, 0.3) is 16.6 Å². The van der Waals surface area contributed by atoms with Gasteiger partial charge in [-0.3, -0.25) is 4.79 Å². The summed E-state index contributed by atoms with van der Waals surface area (Å²) in [5.74, 6) is 0.834. The molecule has 0 bridgehead atoms. The van der Waals surface area contributed by atoms with E-state index in [1.165, 1.54) is 4.57 Å². The normalized spacial score (nSPS) is 13.6. The lowest BCUT2D eigenvalue weighted by atomic mass is 10.1. The number of nitrogens with one attached hydrogen (secondary N) is 1. The number of hydrogen-bond donors (Lipinski definition) is 1. The van der Waals surface area contributed by atoms with Crippen LogP contribution in [-0.4, -0.2) is 16.2 Å². The maximum absolute atomic E-state index is 12.6. The molecule has 0 unspecified atom stereocenters. The second-order valence-electron chi connectivity index (χ2n) is 5.36. The molecule has 4 rings (SSSR count). The number of aromatic amines is 1. The van der Waals surface area contributed by atoms with Gasteiger partial charge in [-0.05, 0) is 48.7 Å². The molecule has 1 N–H and O–H groups in total. The van der Waals surface area contributed by atoms with E-state index in [9.17, 15) is 9.59 Å². The molecule has 3 aromatic rings. The van der Waals surface area contributed by atoms with Crippen molar-refractivity contribution < 1.29 is 4.74 Å². The van der Waals surface area contributed by atoms with Crippen LogP contribution in [0.15, 0.2) is 52.1 Å². The van der Waals surface area contributed by atoms with Crippen molar-refractivity contribution in [1.82, 2.24) is 9.55 Å². The van der Waals surface area contributed by atoms with Crippen molar-refractivity contribution in [3.8, 4) is 11.4 Å². The van der Waals surface area contributed by atoms with Crippen LogP contribution in [0, 0.1) is 0 Å². The molecule has 2 heterocycles. The maximum atomic E-state index is 12.6. The van der Waals surface area contributed by atoms with Gasteiger partial charge in [-0.1, -0.05) is 12.1 Å². The fourth-order valence-electron chi connectivity index (χ4n) is 2.88. The molecule has 110 valence electrons. The molecule has 22 heavy (non-hydrogen) atoms. The summed E-state index contributed by atoms with van der Waals surface area (Å²) >= 11 is 0. The quantitative estimate of drug-likeness (QED) is 0.746. The largest absolute Gasteiger partial charge is 0.493 e. The third kappa shape index (κ3) is 1.94. The molecular weight excluding hydrogens is 280 g/mol. The summed E-state index contributed by atoms with van der Waals surface area (Å²) in [6, 6.07) is 12.4. The first-order valence-corrected chi connectivity index (χ1v) is 7.24. The fraction of sp³-hybridized carbons (Fsp3) is 0.176. The van der Waals surface area contributed by atoms with Gasteiger partial charge in [-0.15, -0.1) is 0 Å². The summed E-state index contributed by atoms with van der Waals surface area (Å²) in [5.41, 5.74) is 1.41. The Morgan fingerprint density at radius 2 is 1.95 bits per heavy atom. The minimum Gasteiger partial charge on any atom is -0.493 e. The number of H-pyrrole nitrogens is 1. The van der Waals surface area contributed by atoms with Crippen LogP contribution < -0.4 is 16.0 Å². The van der Waals surface area contributed by atoms with Crippen LogP contribution in [0.4, 0.5) is 0 Å². The maximum Gasteiger partial charge on any atom is 0.333 e. The minimum absolute atomic E-state index is 0.309. The zero-order valence-electron chi connectivity index (χ0n) is 11.8. The van der Waals surface area contributed by atoms with Crippen LogP contribution in [0.1, 0.15) is 12.0 Å². The van der Waals surface area contributed by atoms with Crippen LogP contribution >= 0.6 is 0 Å². The van der Waals surface area contributed by atoms with Crippen molar-refractivity contribution in [3.63, 3.8) is 0 Å². The first-order valence-electron chi connectivity index (χ1n) is 7.24. The highest BCUT2D eigenvalue weighted by Gasteiger charge is 2.14. The monoisotopic (exact) mass is 294 g/mol. The number of para-hydroxylation sites is 1. The van der Waals surface area contributed by atoms with E-state index in [1.807, 2.05) is 12.1 Å². The predicted molar refractivity (Wildman–Crippen MR) is 84.0 cm³/mol. The highest BCUT2D eigenvalue weighted by atomic mass is 16.5. The summed E-state index contributed by atoms with van der Waals surface area (Å²) in [5, 5.41) is 0.496. The van der Waals surface area contributed by atoms with E-state index < -0.39 is 5.69 Å². The van der Waals surface area contributed by atoms with Crippen molar-refractivity contribution in [1.29, 1.82) is 0 Å². The fourth-order valence-corrected chi connectivity index (χ4v) is 2.88. The van der Waals surface area contributed by atoms with Crippen molar-refractivity contribution in [3.05, 3.63) is 68.9 Å². The Morgan fingerprint density at radius 3 is 2.86 bits per heavy atom. The highest BCUT2D eigenvalue weighted by molar-refractivity contribution is 5.77. The van der Waals surface area contributed by atoms with Crippen LogP contribution in [-0.2, 0) is 6.42 Å². The van der Waals surface area contributed by atoms with Gasteiger partial charge < -0.3 is 9.72 Å². The number of fused-ring (bicyclic) bond motifs is 2. The van der Waals surface area contributed by atoms with E-state index in [2.05, 4.69) is 4.98 Å². The van der Waals surface area contributed by atoms with Gasteiger partial charge in [0.25, 0.3) is 5.56 Å². The average molecular weight is 294 g/mol. The predicted octanol–water partition coefficient (Wildman–Crippen LogP) is 2.00. The Hall–Kier alpha value is -2.82. The van der Waals surface area contributed by atoms with Crippen molar-refractivity contribution in [2.24, 2.45) is 0 Å². The smallest absolute Gasteiger partial charge is 0.333 e. The zero-order chi connectivity index (χ0) is 15.1. The second kappa shape index (κ2) is 4.87. The van der Waals surface area contributed by atoms with Gasteiger partial charge in [-0.2, -0.15) is 0 Å². The Kier molecular flexibility index (Phi) is 2.85. The number of aryl methyl sites for hydroxylation is 1. The average Bonchev–Trinajstić information content (AvgIpc) is 2.55. The first-order chi connectivity index (χ1) is 10.7. The van der Waals surface area contributed by atoms with Gasteiger partial charge in [0.1, 0.15) is 5.75 Å². The molecule has 1 aliphatic heterocycles. The Bertz CT molecular complexity index is 985. The van der Waals surface area contributed by atoms with E-state index >= 15 is 0 Å². The summed E-state index contributed by atoms with van der Waals surface area (Å²) in [4.78, 5) is 27.7. The minimum atomic E-state index is -0.430. The number of aromatic nitrogens is 2. The van der Waals surface area contributed by atoms with Gasteiger partial charge in [0.15, 0.2) is 0 Å². The summed E-state index contributed by atoms with van der Waals surface area (Å²) in [6.07, 6.45) is 1.84. The number of nitrogens with zero attached hydrogens (tertiary/aromatic N) is 1. The first kappa shape index (κ1) is 12.9. The van der Waals surface area contributed by atoms with E-state index in [-0.39, 0.29) is 5.56 Å². The molecular formula is C17H14N2O3. The van der Waals surface area contributed by atoms with Crippen LogP contribution in [0.3, 0.4) is 0 Å². The van der Waals surface area contributed by atoms with Gasteiger partial charge >= 0.3 is 5.69 Å². The summed E-state index contributed by atoms with van der Waals surface area (Å²) in [6.45, 7) is 0.711. The molecule has 0 saturated heterocycles. The number of hydrogen-bond acceptors (Lipinski definition) is 3. The summed E-state index contributed by atoms with van der Waals surface area (Å²) < 4.78 is 6.75. The lowest BCUT2D eigenvalue weighted by Gasteiger charge is -2.18. The molecule has 1 aliphatic rings. The molecule has 0 aliphatic carbocycles. The van der Waals surface area contributed by atoms with E-state index in [1.54, 1.807) is 30.3 Å². The number of benzene rings is 2. The molecule has 0 fully saturated rings. The van der Waals surface area contributed by atoms with Crippen LogP contribution in [0.5, 0.6) is 5.75 Å². The van der Waals surface area contributed by atoms with E-state index in [0.717, 1.165) is 24.2 Å². The standard InChI is InChI=1S/C17H14N2O3/c20-16-13-5-1-2-6-14(13)18-17(21)19(16)12-7-8-15-11(10-12)4-3-9-22-15/h1-2,5-8,10H,3-4,9H2,(H,18,21). The molecule has 0 radical (unpaired) electrons. The van der Waals surface area contributed by atoms with E-state index in [0.29, 0.717) is 23.2 Å². The van der Waals surface area contributed by atoms with Gasteiger partial charge in [0.05, 0.1) is 23.2 Å². The van der Waals surface area contributed by atoms with Crippen LogP contribution in [0.2, 0.25) is 0 Å².